The first-order chi connectivity index (χ1) is 8.96. The van der Waals surface area contributed by atoms with Gasteiger partial charge in [-0.25, -0.2) is 22.7 Å². The summed E-state index contributed by atoms with van der Waals surface area (Å²) in [5, 5.41) is 0. The second-order valence-electron chi connectivity index (χ2n) is 3.82. The summed E-state index contributed by atoms with van der Waals surface area (Å²) in [5.74, 6) is -0.264. The molecule has 0 saturated carbocycles. The van der Waals surface area contributed by atoms with Crippen LogP contribution in [0.1, 0.15) is 5.56 Å². The molecule has 19 heavy (non-hydrogen) atoms. The fourth-order valence-electron chi connectivity index (χ4n) is 1.46. The zero-order valence-electron chi connectivity index (χ0n) is 9.74. The zero-order valence-corrected chi connectivity index (χ0v) is 10.6. The number of nitrogens with zero attached hydrogens (tertiary/aromatic N) is 1. The van der Waals surface area contributed by atoms with Crippen LogP contribution in [0.25, 0.3) is 0 Å². The van der Waals surface area contributed by atoms with E-state index >= 15 is 0 Å². The number of aromatic nitrogens is 2. The van der Waals surface area contributed by atoms with Gasteiger partial charge in [-0.05, 0) is 5.56 Å². The Hall–Kier alpha value is -2.35. The van der Waals surface area contributed by atoms with E-state index in [1.54, 1.807) is 30.3 Å². The second kappa shape index (κ2) is 5.11. The van der Waals surface area contributed by atoms with E-state index in [1.165, 1.54) is 0 Å². The summed E-state index contributed by atoms with van der Waals surface area (Å²) < 4.78 is 24.4. The number of aromatic amines is 1. The van der Waals surface area contributed by atoms with Gasteiger partial charge >= 0.3 is 5.69 Å². The molecular formula is C11H11N3O4S. The molecule has 0 bridgehead atoms. The molecular weight excluding hydrogens is 270 g/mol. The first kappa shape index (κ1) is 13.1. The summed E-state index contributed by atoms with van der Waals surface area (Å²) in [7, 11) is -3.73. The lowest BCUT2D eigenvalue weighted by Gasteiger charge is -2.09. The Morgan fingerprint density at radius 1 is 1.11 bits per heavy atom. The molecule has 0 fully saturated rings. The molecule has 1 heterocycles. The summed E-state index contributed by atoms with van der Waals surface area (Å²) in [6.07, 6.45) is 1.06. The van der Waals surface area contributed by atoms with Gasteiger partial charge in [0.25, 0.3) is 5.56 Å². The van der Waals surface area contributed by atoms with Gasteiger partial charge in [-0.2, -0.15) is 0 Å². The summed E-state index contributed by atoms with van der Waals surface area (Å²) in [4.78, 5) is 26.2. The average Bonchev–Trinajstić information content (AvgIpc) is 2.33. The van der Waals surface area contributed by atoms with E-state index < -0.39 is 21.3 Å². The Balaban J connectivity index is 2.22. The highest BCUT2D eigenvalue weighted by Crippen LogP contribution is 2.04. The van der Waals surface area contributed by atoms with Crippen molar-refractivity contribution >= 4 is 10.0 Å². The van der Waals surface area contributed by atoms with Crippen molar-refractivity contribution in [1.29, 1.82) is 0 Å². The Kier molecular flexibility index (Phi) is 3.52. The maximum absolute atomic E-state index is 11.8. The lowest BCUT2D eigenvalue weighted by atomic mass is 10.2. The first-order valence-corrected chi connectivity index (χ1v) is 6.98. The number of hydrogen-bond acceptors (Lipinski definition) is 4. The summed E-state index contributed by atoms with van der Waals surface area (Å²) in [5.41, 5.74) is -0.847. The molecule has 0 saturated heterocycles. The standard InChI is InChI=1S/C11H11N3O4S/c15-10-6-7-14(11(16)12-10)13-19(17,18)8-9-4-2-1-3-5-9/h1-7,13H,8H2,(H,12,15,16). The van der Waals surface area contributed by atoms with Crippen LogP contribution in [0.15, 0.2) is 52.2 Å². The number of rotatable bonds is 4. The van der Waals surface area contributed by atoms with Crippen molar-refractivity contribution < 1.29 is 8.42 Å². The van der Waals surface area contributed by atoms with Gasteiger partial charge in [-0.1, -0.05) is 30.3 Å². The number of sulfonamides is 1. The van der Waals surface area contributed by atoms with Crippen LogP contribution in [-0.4, -0.2) is 18.1 Å². The molecule has 0 aliphatic carbocycles. The lowest BCUT2D eigenvalue weighted by Crippen LogP contribution is -2.37. The lowest BCUT2D eigenvalue weighted by molar-refractivity contribution is 0.592. The van der Waals surface area contributed by atoms with Crippen LogP contribution in [0.4, 0.5) is 0 Å². The highest BCUT2D eigenvalue weighted by molar-refractivity contribution is 7.91. The van der Waals surface area contributed by atoms with Gasteiger partial charge in [0.15, 0.2) is 0 Å². The van der Waals surface area contributed by atoms with Crippen LogP contribution in [-0.2, 0) is 15.8 Å². The Bertz CT molecular complexity index is 777. The quantitative estimate of drug-likeness (QED) is 0.797. The Labute approximate surface area is 108 Å². The molecule has 0 radical (unpaired) electrons. The van der Waals surface area contributed by atoms with Crippen LogP contribution >= 0.6 is 0 Å². The molecule has 2 aromatic rings. The fraction of sp³-hybridized carbons (Fsp3) is 0.0909. The number of nitrogens with one attached hydrogen (secondary N) is 2. The molecule has 0 atom stereocenters. The Morgan fingerprint density at radius 2 is 1.79 bits per heavy atom. The number of hydrogen-bond donors (Lipinski definition) is 2. The molecule has 2 N–H and O–H groups in total. The molecule has 100 valence electrons. The molecule has 0 amide bonds. The molecule has 7 nitrogen and oxygen atoms in total. The van der Waals surface area contributed by atoms with Crippen molar-refractivity contribution in [2.45, 2.75) is 5.75 Å². The van der Waals surface area contributed by atoms with Crippen LogP contribution < -0.4 is 16.1 Å². The van der Waals surface area contributed by atoms with Crippen LogP contribution in [0.3, 0.4) is 0 Å². The van der Waals surface area contributed by atoms with Gasteiger partial charge in [-0.3, -0.25) is 9.78 Å². The van der Waals surface area contributed by atoms with Gasteiger partial charge in [0.05, 0.1) is 5.75 Å². The maximum Gasteiger partial charge on any atom is 0.347 e. The fourth-order valence-corrected chi connectivity index (χ4v) is 2.60. The number of H-pyrrole nitrogens is 1. The van der Waals surface area contributed by atoms with Crippen molar-refractivity contribution in [3.05, 3.63) is 69.0 Å². The molecule has 1 aromatic carbocycles. The molecule has 0 spiro atoms. The Morgan fingerprint density at radius 3 is 2.42 bits per heavy atom. The highest BCUT2D eigenvalue weighted by Gasteiger charge is 2.12. The van der Waals surface area contributed by atoms with Crippen molar-refractivity contribution in [1.82, 2.24) is 9.66 Å². The summed E-state index contributed by atoms with van der Waals surface area (Å²) in [6, 6.07) is 9.58. The molecule has 0 unspecified atom stereocenters. The van der Waals surface area contributed by atoms with Gasteiger partial charge in [0.2, 0.25) is 10.0 Å². The van der Waals surface area contributed by atoms with E-state index in [2.05, 4.69) is 4.83 Å². The summed E-state index contributed by atoms with van der Waals surface area (Å²) >= 11 is 0. The van der Waals surface area contributed by atoms with Gasteiger partial charge < -0.3 is 0 Å². The third-order valence-electron chi connectivity index (χ3n) is 2.26. The minimum absolute atomic E-state index is 0.264. The number of benzene rings is 1. The van der Waals surface area contributed by atoms with E-state index in [0.29, 0.717) is 10.2 Å². The SMILES string of the molecule is O=c1ccn(NS(=O)(=O)Cc2ccccc2)c(=O)[nH]1. The van der Waals surface area contributed by atoms with Crippen LogP contribution in [0.2, 0.25) is 0 Å². The second-order valence-corrected chi connectivity index (χ2v) is 5.52. The van der Waals surface area contributed by atoms with Gasteiger partial charge in [0, 0.05) is 12.3 Å². The van der Waals surface area contributed by atoms with Crippen molar-refractivity contribution in [3.8, 4) is 0 Å². The van der Waals surface area contributed by atoms with Gasteiger partial charge in [-0.15, -0.1) is 0 Å². The largest absolute Gasteiger partial charge is 0.347 e. The molecule has 0 aliphatic heterocycles. The predicted octanol–water partition coefficient (Wildman–Crippen LogP) is -0.390. The predicted molar refractivity (Wildman–Crippen MR) is 69.7 cm³/mol. The van der Waals surface area contributed by atoms with E-state index in [4.69, 9.17) is 0 Å². The maximum atomic E-state index is 11.8. The highest BCUT2D eigenvalue weighted by atomic mass is 32.2. The minimum Gasteiger partial charge on any atom is -0.273 e. The third-order valence-corrected chi connectivity index (χ3v) is 3.45. The van der Waals surface area contributed by atoms with Crippen LogP contribution in [0.5, 0.6) is 0 Å². The normalized spacial score (nSPS) is 11.2. The topological polar surface area (TPSA) is 101 Å². The molecule has 8 heteroatoms. The average molecular weight is 281 g/mol. The molecule has 1 aromatic heterocycles. The van der Waals surface area contributed by atoms with E-state index in [9.17, 15) is 18.0 Å². The smallest absolute Gasteiger partial charge is 0.273 e. The van der Waals surface area contributed by atoms with Gasteiger partial charge in [0.1, 0.15) is 0 Å². The monoisotopic (exact) mass is 281 g/mol. The first-order valence-electron chi connectivity index (χ1n) is 5.33. The van der Waals surface area contributed by atoms with Crippen molar-refractivity contribution in [2.24, 2.45) is 0 Å². The van der Waals surface area contributed by atoms with E-state index in [1.807, 2.05) is 4.98 Å². The molecule has 2 rings (SSSR count). The third kappa shape index (κ3) is 3.55. The molecule has 0 aliphatic rings. The van der Waals surface area contributed by atoms with Crippen LogP contribution in [0, 0.1) is 0 Å². The zero-order chi connectivity index (χ0) is 13.9. The van der Waals surface area contributed by atoms with Crippen molar-refractivity contribution in [2.75, 3.05) is 4.83 Å². The van der Waals surface area contributed by atoms with E-state index in [-0.39, 0.29) is 5.75 Å². The van der Waals surface area contributed by atoms with Crippen molar-refractivity contribution in [3.63, 3.8) is 0 Å². The minimum atomic E-state index is -3.73. The summed E-state index contributed by atoms with van der Waals surface area (Å²) in [6.45, 7) is 0. The van der Waals surface area contributed by atoms with E-state index in [0.717, 1.165) is 12.3 Å².